The molecule has 96 valence electrons. The van der Waals surface area contributed by atoms with Crippen LogP contribution in [-0.4, -0.2) is 16.3 Å². The van der Waals surface area contributed by atoms with Crippen LogP contribution in [0.1, 0.15) is 20.8 Å². The van der Waals surface area contributed by atoms with Crippen molar-refractivity contribution in [2.45, 2.75) is 26.4 Å². The molecule has 18 heavy (non-hydrogen) atoms. The standard InChI is InChI=1S/C13H13BrINO2/c1-13(2,3)18-12(17)16-10(15)7-8-5-4-6-9(14)11(8)16/h4-7H,1-3H3. The molecule has 0 aliphatic carbocycles. The normalized spacial score (nSPS) is 11.8. The Morgan fingerprint density at radius 3 is 2.67 bits per heavy atom. The highest BCUT2D eigenvalue weighted by Gasteiger charge is 2.22. The fraction of sp³-hybridized carbons (Fsp3) is 0.308. The Balaban J connectivity index is 2.57. The number of ether oxygens (including phenoxy) is 1. The first-order chi connectivity index (χ1) is 8.29. The molecular weight excluding hydrogens is 409 g/mol. The van der Waals surface area contributed by atoms with Gasteiger partial charge >= 0.3 is 6.09 Å². The zero-order valence-electron chi connectivity index (χ0n) is 10.3. The molecule has 0 saturated heterocycles. The van der Waals surface area contributed by atoms with Crippen LogP contribution in [0.4, 0.5) is 4.79 Å². The molecule has 0 amide bonds. The molecule has 0 aliphatic rings. The van der Waals surface area contributed by atoms with Gasteiger partial charge in [-0.05, 0) is 71.4 Å². The SMILES string of the molecule is CC(C)(C)OC(=O)n1c(I)cc2cccc(Br)c21. The molecule has 0 bridgehead atoms. The maximum atomic E-state index is 12.2. The van der Waals surface area contributed by atoms with Crippen molar-refractivity contribution >= 4 is 55.5 Å². The second-order valence-corrected chi connectivity index (χ2v) is 6.92. The Kier molecular flexibility index (Phi) is 3.73. The molecule has 0 radical (unpaired) electrons. The largest absolute Gasteiger partial charge is 0.443 e. The number of carbonyl (C=O) groups is 1. The minimum atomic E-state index is -0.502. The maximum Gasteiger partial charge on any atom is 0.419 e. The number of rotatable bonds is 0. The molecule has 2 rings (SSSR count). The van der Waals surface area contributed by atoms with Gasteiger partial charge in [0.1, 0.15) is 5.60 Å². The Labute approximate surface area is 128 Å². The fourth-order valence-electron chi connectivity index (χ4n) is 1.67. The first kappa shape index (κ1) is 13.9. The molecule has 0 spiro atoms. The number of nitrogens with zero attached hydrogens (tertiary/aromatic N) is 1. The number of benzene rings is 1. The van der Waals surface area contributed by atoms with Gasteiger partial charge in [0.05, 0.1) is 9.22 Å². The van der Waals surface area contributed by atoms with E-state index in [4.69, 9.17) is 4.74 Å². The van der Waals surface area contributed by atoms with Gasteiger partial charge in [0.2, 0.25) is 0 Å². The van der Waals surface area contributed by atoms with Crippen molar-refractivity contribution in [3.05, 3.63) is 32.4 Å². The molecule has 0 aliphatic heterocycles. The summed E-state index contributed by atoms with van der Waals surface area (Å²) in [6.45, 7) is 5.58. The summed E-state index contributed by atoms with van der Waals surface area (Å²) in [7, 11) is 0. The summed E-state index contributed by atoms with van der Waals surface area (Å²) in [5.74, 6) is 0. The highest BCUT2D eigenvalue weighted by atomic mass is 127. The van der Waals surface area contributed by atoms with Crippen LogP contribution in [-0.2, 0) is 4.74 Å². The number of hydrogen-bond acceptors (Lipinski definition) is 2. The number of fused-ring (bicyclic) bond motifs is 1. The van der Waals surface area contributed by atoms with Gasteiger partial charge in [-0.15, -0.1) is 0 Å². The van der Waals surface area contributed by atoms with E-state index in [1.54, 1.807) is 4.57 Å². The number of carbonyl (C=O) groups excluding carboxylic acids is 1. The van der Waals surface area contributed by atoms with Crippen molar-refractivity contribution in [3.63, 3.8) is 0 Å². The average molecular weight is 422 g/mol. The monoisotopic (exact) mass is 421 g/mol. The van der Waals surface area contributed by atoms with Gasteiger partial charge in [0.15, 0.2) is 0 Å². The molecular formula is C13H13BrINO2. The van der Waals surface area contributed by atoms with Gasteiger partial charge in [0, 0.05) is 9.86 Å². The lowest BCUT2D eigenvalue weighted by molar-refractivity contribution is 0.0540. The van der Waals surface area contributed by atoms with Crippen LogP contribution in [0.2, 0.25) is 0 Å². The Morgan fingerprint density at radius 1 is 1.39 bits per heavy atom. The van der Waals surface area contributed by atoms with E-state index in [9.17, 15) is 4.79 Å². The molecule has 0 atom stereocenters. The van der Waals surface area contributed by atoms with Crippen LogP contribution in [0.25, 0.3) is 10.9 Å². The van der Waals surface area contributed by atoms with Gasteiger partial charge in [-0.1, -0.05) is 12.1 Å². The number of aromatic nitrogens is 1. The van der Waals surface area contributed by atoms with E-state index in [1.165, 1.54) is 0 Å². The lowest BCUT2D eigenvalue weighted by Gasteiger charge is -2.20. The van der Waals surface area contributed by atoms with Crippen LogP contribution < -0.4 is 0 Å². The first-order valence-corrected chi connectivity index (χ1v) is 7.35. The molecule has 3 nitrogen and oxygen atoms in total. The molecule has 1 heterocycles. The predicted octanol–water partition coefficient (Wildman–Crippen LogP) is 4.79. The first-order valence-electron chi connectivity index (χ1n) is 5.48. The van der Waals surface area contributed by atoms with E-state index in [1.807, 2.05) is 45.0 Å². The van der Waals surface area contributed by atoms with E-state index in [-0.39, 0.29) is 6.09 Å². The zero-order valence-corrected chi connectivity index (χ0v) is 14.1. The van der Waals surface area contributed by atoms with Crippen molar-refractivity contribution in [1.82, 2.24) is 4.57 Å². The third kappa shape index (κ3) is 2.71. The molecule has 1 aromatic carbocycles. The molecule has 0 N–H and O–H groups in total. The molecule has 1 aromatic heterocycles. The van der Waals surface area contributed by atoms with Crippen molar-refractivity contribution in [1.29, 1.82) is 0 Å². The van der Waals surface area contributed by atoms with Crippen molar-refractivity contribution in [3.8, 4) is 0 Å². The Bertz CT molecular complexity index is 613. The van der Waals surface area contributed by atoms with E-state index < -0.39 is 5.60 Å². The summed E-state index contributed by atoms with van der Waals surface area (Å²) >= 11 is 5.62. The second-order valence-electron chi connectivity index (χ2n) is 4.96. The number of halogens is 2. The Morgan fingerprint density at radius 2 is 2.06 bits per heavy atom. The quantitative estimate of drug-likeness (QED) is 0.572. The maximum absolute atomic E-state index is 12.2. The minimum absolute atomic E-state index is 0.353. The second kappa shape index (κ2) is 4.85. The predicted molar refractivity (Wildman–Crippen MR) is 84.0 cm³/mol. The number of hydrogen-bond donors (Lipinski definition) is 0. The summed E-state index contributed by atoms with van der Waals surface area (Å²) in [5.41, 5.74) is 0.342. The molecule has 0 fully saturated rings. The molecule has 0 saturated carbocycles. The van der Waals surface area contributed by atoms with Gasteiger partial charge in [0.25, 0.3) is 0 Å². The van der Waals surface area contributed by atoms with Gasteiger partial charge < -0.3 is 4.74 Å². The summed E-state index contributed by atoms with van der Waals surface area (Å²) in [6.07, 6.45) is -0.353. The lowest BCUT2D eigenvalue weighted by atomic mass is 10.2. The highest BCUT2D eigenvalue weighted by molar-refractivity contribution is 14.1. The minimum Gasteiger partial charge on any atom is -0.443 e. The van der Waals surface area contributed by atoms with Crippen molar-refractivity contribution in [2.24, 2.45) is 0 Å². The highest BCUT2D eigenvalue weighted by Crippen LogP contribution is 2.29. The molecule has 2 aromatic rings. The van der Waals surface area contributed by atoms with E-state index in [2.05, 4.69) is 38.5 Å². The Hall–Kier alpha value is -0.560. The van der Waals surface area contributed by atoms with E-state index >= 15 is 0 Å². The summed E-state index contributed by atoms with van der Waals surface area (Å²) in [5, 5.41) is 1.01. The van der Waals surface area contributed by atoms with Gasteiger partial charge in [-0.3, -0.25) is 0 Å². The van der Waals surface area contributed by atoms with Crippen molar-refractivity contribution in [2.75, 3.05) is 0 Å². The van der Waals surface area contributed by atoms with Gasteiger partial charge in [-0.2, -0.15) is 0 Å². The number of para-hydroxylation sites is 1. The van der Waals surface area contributed by atoms with Crippen LogP contribution >= 0.6 is 38.5 Å². The van der Waals surface area contributed by atoms with Crippen molar-refractivity contribution < 1.29 is 9.53 Å². The van der Waals surface area contributed by atoms with Crippen LogP contribution in [0.5, 0.6) is 0 Å². The van der Waals surface area contributed by atoms with Crippen LogP contribution in [0.15, 0.2) is 28.7 Å². The third-order valence-electron chi connectivity index (χ3n) is 2.31. The topological polar surface area (TPSA) is 31.2 Å². The summed E-state index contributed by atoms with van der Waals surface area (Å²) in [4.78, 5) is 12.2. The summed E-state index contributed by atoms with van der Waals surface area (Å²) in [6, 6.07) is 7.80. The zero-order chi connectivity index (χ0) is 13.5. The smallest absolute Gasteiger partial charge is 0.419 e. The summed E-state index contributed by atoms with van der Waals surface area (Å²) < 4.78 is 8.73. The van der Waals surface area contributed by atoms with Crippen LogP contribution in [0, 0.1) is 3.70 Å². The average Bonchev–Trinajstić information content (AvgIpc) is 2.53. The molecule has 0 unspecified atom stereocenters. The van der Waals surface area contributed by atoms with E-state index in [0.717, 1.165) is 19.1 Å². The third-order valence-corrected chi connectivity index (χ3v) is 3.74. The lowest BCUT2D eigenvalue weighted by Crippen LogP contribution is -2.27. The van der Waals surface area contributed by atoms with Crippen LogP contribution in [0.3, 0.4) is 0 Å². The molecule has 5 heteroatoms. The fourth-order valence-corrected chi connectivity index (χ4v) is 3.00. The van der Waals surface area contributed by atoms with E-state index in [0.29, 0.717) is 0 Å². The van der Waals surface area contributed by atoms with Gasteiger partial charge in [-0.25, -0.2) is 9.36 Å².